The van der Waals surface area contributed by atoms with Crippen LogP contribution in [0.5, 0.6) is 0 Å². The lowest BCUT2D eigenvalue weighted by molar-refractivity contribution is -0.157. The standard InChI is InChI=1S/C17H22FNO3/c1-16(2,12-4-6-13(18)7-5-12)11-19-14(20)10-17(15(21)22)8-3-9-17/h4-7H,3,8-11H2,1-2H3,(H,19,20)(H,21,22). The van der Waals surface area contributed by atoms with E-state index in [2.05, 4.69) is 5.32 Å². The fourth-order valence-electron chi connectivity index (χ4n) is 2.76. The van der Waals surface area contributed by atoms with Crippen molar-refractivity contribution in [2.75, 3.05) is 6.54 Å². The van der Waals surface area contributed by atoms with Crippen LogP contribution in [0.15, 0.2) is 24.3 Å². The molecule has 0 radical (unpaired) electrons. The monoisotopic (exact) mass is 307 g/mol. The molecule has 22 heavy (non-hydrogen) atoms. The Bertz CT molecular complexity index is 562. The van der Waals surface area contributed by atoms with Crippen molar-refractivity contribution in [3.8, 4) is 0 Å². The van der Waals surface area contributed by atoms with Crippen molar-refractivity contribution in [2.24, 2.45) is 5.41 Å². The number of nitrogens with one attached hydrogen (secondary N) is 1. The van der Waals surface area contributed by atoms with E-state index < -0.39 is 11.4 Å². The number of hydrogen-bond acceptors (Lipinski definition) is 2. The van der Waals surface area contributed by atoms with E-state index in [0.717, 1.165) is 12.0 Å². The second kappa shape index (κ2) is 6.07. The fourth-order valence-corrected chi connectivity index (χ4v) is 2.76. The molecule has 1 aliphatic carbocycles. The molecule has 0 unspecified atom stereocenters. The van der Waals surface area contributed by atoms with Crippen molar-refractivity contribution in [3.63, 3.8) is 0 Å². The van der Waals surface area contributed by atoms with Gasteiger partial charge in [-0.05, 0) is 30.5 Å². The molecule has 1 aliphatic rings. The Labute approximate surface area is 129 Å². The van der Waals surface area contributed by atoms with Crippen LogP contribution in [0.1, 0.15) is 45.1 Å². The van der Waals surface area contributed by atoms with Crippen molar-refractivity contribution < 1.29 is 19.1 Å². The number of carbonyl (C=O) groups is 2. The van der Waals surface area contributed by atoms with Crippen LogP contribution in [0.2, 0.25) is 0 Å². The van der Waals surface area contributed by atoms with Crippen LogP contribution in [0, 0.1) is 11.2 Å². The van der Waals surface area contributed by atoms with Crippen LogP contribution < -0.4 is 5.32 Å². The third-order valence-corrected chi connectivity index (χ3v) is 4.62. The van der Waals surface area contributed by atoms with E-state index >= 15 is 0 Å². The van der Waals surface area contributed by atoms with E-state index in [9.17, 15) is 19.1 Å². The summed E-state index contributed by atoms with van der Waals surface area (Å²) in [6.45, 7) is 4.29. The molecule has 5 heteroatoms. The highest BCUT2D eigenvalue weighted by atomic mass is 19.1. The average Bonchev–Trinajstić information content (AvgIpc) is 2.41. The van der Waals surface area contributed by atoms with E-state index in [1.807, 2.05) is 13.8 Å². The number of hydrogen-bond donors (Lipinski definition) is 2. The van der Waals surface area contributed by atoms with Gasteiger partial charge in [0.2, 0.25) is 5.91 Å². The molecule has 1 amide bonds. The summed E-state index contributed by atoms with van der Waals surface area (Å²) < 4.78 is 13.0. The van der Waals surface area contributed by atoms with Gasteiger partial charge < -0.3 is 10.4 Å². The van der Waals surface area contributed by atoms with Crippen LogP contribution in [0.3, 0.4) is 0 Å². The normalized spacial score (nSPS) is 16.7. The molecule has 0 saturated heterocycles. The number of rotatable bonds is 6. The van der Waals surface area contributed by atoms with Crippen molar-refractivity contribution in [1.82, 2.24) is 5.32 Å². The fraction of sp³-hybridized carbons (Fsp3) is 0.529. The lowest BCUT2D eigenvalue weighted by atomic mass is 9.66. The van der Waals surface area contributed by atoms with Crippen molar-refractivity contribution in [1.29, 1.82) is 0 Å². The summed E-state index contributed by atoms with van der Waals surface area (Å²) in [7, 11) is 0. The highest BCUT2D eigenvalue weighted by molar-refractivity contribution is 5.85. The predicted molar refractivity (Wildman–Crippen MR) is 81.0 cm³/mol. The Morgan fingerprint density at radius 3 is 2.32 bits per heavy atom. The van der Waals surface area contributed by atoms with Gasteiger partial charge in [-0.2, -0.15) is 0 Å². The van der Waals surface area contributed by atoms with E-state index in [1.165, 1.54) is 12.1 Å². The van der Waals surface area contributed by atoms with Crippen LogP contribution in [-0.2, 0) is 15.0 Å². The summed E-state index contributed by atoms with van der Waals surface area (Å²) in [5, 5.41) is 12.1. The highest BCUT2D eigenvalue weighted by Crippen LogP contribution is 2.44. The summed E-state index contributed by atoms with van der Waals surface area (Å²) in [4.78, 5) is 23.3. The van der Waals surface area contributed by atoms with Crippen LogP contribution in [0.4, 0.5) is 4.39 Å². The Hall–Kier alpha value is -1.91. The third kappa shape index (κ3) is 3.46. The molecule has 0 aromatic heterocycles. The highest BCUT2D eigenvalue weighted by Gasteiger charge is 2.45. The maximum absolute atomic E-state index is 13.0. The minimum atomic E-state index is -0.883. The number of carboxylic acids is 1. The summed E-state index contributed by atoms with van der Waals surface area (Å²) in [6, 6.07) is 6.19. The molecule has 0 bridgehead atoms. The zero-order chi connectivity index (χ0) is 16.4. The predicted octanol–water partition coefficient (Wildman–Crippen LogP) is 2.86. The second-order valence-electron chi connectivity index (χ2n) is 6.78. The van der Waals surface area contributed by atoms with Gasteiger partial charge in [-0.15, -0.1) is 0 Å². The molecule has 0 aliphatic heterocycles. The summed E-state index contributed by atoms with van der Waals surface area (Å²) in [5.74, 6) is -1.42. The molecule has 1 saturated carbocycles. The SMILES string of the molecule is CC(C)(CNC(=O)CC1(C(=O)O)CCC1)c1ccc(F)cc1. The average molecular weight is 307 g/mol. The summed E-state index contributed by atoms with van der Waals surface area (Å²) in [6.07, 6.45) is 2.02. The zero-order valence-electron chi connectivity index (χ0n) is 13.0. The summed E-state index contributed by atoms with van der Waals surface area (Å²) >= 11 is 0. The van der Waals surface area contributed by atoms with E-state index in [0.29, 0.717) is 19.4 Å². The maximum atomic E-state index is 13.0. The van der Waals surface area contributed by atoms with Crippen molar-refractivity contribution in [2.45, 2.75) is 44.9 Å². The molecule has 120 valence electrons. The molecule has 1 aromatic carbocycles. The molecular weight excluding hydrogens is 285 g/mol. The number of benzene rings is 1. The van der Waals surface area contributed by atoms with Gasteiger partial charge in [-0.25, -0.2) is 4.39 Å². The molecule has 0 spiro atoms. The quantitative estimate of drug-likeness (QED) is 0.849. The van der Waals surface area contributed by atoms with Crippen molar-refractivity contribution in [3.05, 3.63) is 35.6 Å². The van der Waals surface area contributed by atoms with Crippen LogP contribution in [-0.4, -0.2) is 23.5 Å². The lowest BCUT2D eigenvalue weighted by Crippen LogP contribution is -2.44. The summed E-state index contributed by atoms with van der Waals surface area (Å²) in [5.41, 5.74) is -0.297. The van der Waals surface area contributed by atoms with Gasteiger partial charge in [-0.3, -0.25) is 9.59 Å². The Kier molecular flexibility index (Phi) is 4.54. The van der Waals surface area contributed by atoms with Gasteiger partial charge in [0.25, 0.3) is 0 Å². The first-order valence-corrected chi connectivity index (χ1v) is 7.51. The number of halogens is 1. The molecule has 4 nitrogen and oxygen atoms in total. The largest absolute Gasteiger partial charge is 0.481 e. The molecular formula is C17H22FNO3. The van der Waals surface area contributed by atoms with Gasteiger partial charge in [0.1, 0.15) is 5.82 Å². The van der Waals surface area contributed by atoms with Gasteiger partial charge >= 0.3 is 5.97 Å². The smallest absolute Gasteiger partial charge is 0.310 e. The van der Waals surface area contributed by atoms with Gasteiger partial charge in [-0.1, -0.05) is 32.4 Å². The molecule has 1 aromatic rings. The topological polar surface area (TPSA) is 66.4 Å². The molecule has 0 atom stereocenters. The maximum Gasteiger partial charge on any atom is 0.310 e. The third-order valence-electron chi connectivity index (χ3n) is 4.62. The zero-order valence-corrected chi connectivity index (χ0v) is 13.0. The lowest BCUT2D eigenvalue weighted by Gasteiger charge is -2.37. The van der Waals surface area contributed by atoms with Crippen LogP contribution >= 0.6 is 0 Å². The minimum absolute atomic E-state index is 0.0296. The molecule has 2 N–H and O–H groups in total. The molecule has 2 rings (SSSR count). The first kappa shape index (κ1) is 16.5. The minimum Gasteiger partial charge on any atom is -0.481 e. The number of aliphatic carboxylic acids is 1. The van der Waals surface area contributed by atoms with Gasteiger partial charge in [0, 0.05) is 18.4 Å². The molecule has 1 fully saturated rings. The molecule has 0 heterocycles. The Morgan fingerprint density at radius 1 is 1.27 bits per heavy atom. The van der Waals surface area contributed by atoms with Crippen LogP contribution in [0.25, 0.3) is 0 Å². The van der Waals surface area contributed by atoms with E-state index in [1.54, 1.807) is 12.1 Å². The number of carbonyl (C=O) groups excluding carboxylic acids is 1. The second-order valence-corrected chi connectivity index (χ2v) is 6.78. The van der Waals surface area contributed by atoms with E-state index in [4.69, 9.17) is 0 Å². The Balaban J connectivity index is 1.92. The Morgan fingerprint density at radius 2 is 1.86 bits per heavy atom. The van der Waals surface area contributed by atoms with Crippen molar-refractivity contribution >= 4 is 11.9 Å². The number of carboxylic acid groups (broad SMARTS) is 1. The first-order chi connectivity index (χ1) is 10.3. The first-order valence-electron chi connectivity index (χ1n) is 7.51. The van der Waals surface area contributed by atoms with Gasteiger partial charge in [0.15, 0.2) is 0 Å². The number of amides is 1. The van der Waals surface area contributed by atoms with E-state index in [-0.39, 0.29) is 23.6 Å². The van der Waals surface area contributed by atoms with Gasteiger partial charge in [0.05, 0.1) is 5.41 Å².